The van der Waals surface area contributed by atoms with Crippen LogP contribution in [-0.4, -0.2) is 23.3 Å². The van der Waals surface area contributed by atoms with Crippen LogP contribution in [0, 0.1) is 12.7 Å². The Morgan fingerprint density at radius 1 is 1.11 bits per heavy atom. The lowest BCUT2D eigenvalue weighted by molar-refractivity contribution is -0.180. The van der Waals surface area contributed by atoms with Gasteiger partial charge in [0.15, 0.2) is 0 Å². The number of pyridine rings is 2. The highest BCUT2D eigenvalue weighted by molar-refractivity contribution is 5.79. The van der Waals surface area contributed by atoms with E-state index in [0.717, 1.165) is 19.9 Å². The first-order valence-electron chi connectivity index (χ1n) is 8.41. The number of aryl methyl sites for hydroxylation is 1. The molecule has 2 aromatic heterocycles. The van der Waals surface area contributed by atoms with Crippen LogP contribution in [0.1, 0.15) is 25.0 Å². The summed E-state index contributed by atoms with van der Waals surface area (Å²) in [6.45, 7) is 3.43. The molecule has 8 heteroatoms. The summed E-state index contributed by atoms with van der Waals surface area (Å²) >= 11 is 0. The van der Waals surface area contributed by atoms with E-state index >= 15 is 0 Å². The lowest BCUT2D eigenvalue weighted by atomic mass is 9.82. The molecular weight excluding hydrogens is 376 g/mol. The van der Waals surface area contributed by atoms with Gasteiger partial charge in [-0.15, -0.1) is 0 Å². The number of methoxy groups -OCH3 is 1. The number of ether oxygens (including phenoxy) is 1. The van der Waals surface area contributed by atoms with Crippen molar-refractivity contribution in [3.63, 3.8) is 0 Å². The third-order valence-electron chi connectivity index (χ3n) is 4.84. The number of H-pyrrole nitrogens is 1. The van der Waals surface area contributed by atoms with Gasteiger partial charge in [0.25, 0.3) is 0 Å². The number of aromatic nitrogens is 2. The Balaban J connectivity index is 2.18. The number of halogens is 4. The van der Waals surface area contributed by atoms with E-state index in [1.54, 1.807) is 19.1 Å². The van der Waals surface area contributed by atoms with Crippen LogP contribution in [0.4, 0.5) is 17.6 Å². The molecule has 0 saturated heterocycles. The van der Waals surface area contributed by atoms with E-state index in [4.69, 9.17) is 4.74 Å². The van der Waals surface area contributed by atoms with E-state index in [9.17, 15) is 22.4 Å². The zero-order valence-corrected chi connectivity index (χ0v) is 15.7. The molecule has 1 N–H and O–H groups in total. The van der Waals surface area contributed by atoms with Crippen molar-refractivity contribution in [1.29, 1.82) is 0 Å². The van der Waals surface area contributed by atoms with Crippen LogP contribution in [0.5, 0.6) is 5.88 Å². The number of aromatic amines is 1. The summed E-state index contributed by atoms with van der Waals surface area (Å²) in [6, 6.07) is 6.59. The molecule has 0 aliphatic heterocycles. The third-order valence-corrected chi connectivity index (χ3v) is 4.84. The van der Waals surface area contributed by atoms with Crippen molar-refractivity contribution in [2.24, 2.45) is 0 Å². The first-order valence-corrected chi connectivity index (χ1v) is 8.41. The van der Waals surface area contributed by atoms with Gasteiger partial charge in [0, 0.05) is 23.3 Å². The number of alkyl halides is 3. The molecule has 28 heavy (non-hydrogen) atoms. The minimum Gasteiger partial charge on any atom is -0.481 e. The SMILES string of the molecule is COc1ccc2[nH]c(-c3cc(F)c(C(C)(C)C(F)(F)F)cc3C)cc(=O)c2n1. The molecule has 4 nitrogen and oxygen atoms in total. The topological polar surface area (TPSA) is 55.0 Å². The molecule has 0 aliphatic rings. The highest BCUT2D eigenvalue weighted by atomic mass is 19.4. The highest BCUT2D eigenvalue weighted by Gasteiger charge is 2.49. The normalized spacial score (nSPS) is 12.4. The van der Waals surface area contributed by atoms with Crippen LogP contribution >= 0.6 is 0 Å². The minimum atomic E-state index is -4.61. The first-order chi connectivity index (χ1) is 13.0. The fraction of sp³-hybridized carbons (Fsp3) is 0.300. The molecule has 0 atom stereocenters. The van der Waals surface area contributed by atoms with Crippen molar-refractivity contribution in [1.82, 2.24) is 9.97 Å². The Kier molecular flexibility index (Phi) is 4.69. The summed E-state index contributed by atoms with van der Waals surface area (Å²) in [4.78, 5) is 19.5. The second-order valence-electron chi connectivity index (χ2n) is 7.07. The Hall–Kier alpha value is -2.90. The zero-order chi connectivity index (χ0) is 20.9. The van der Waals surface area contributed by atoms with Gasteiger partial charge in [-0.25, -0.2) is 9.37 Å². The molecule has 3 aromatic rings. The average Bonchev–Trinajstić information content (AvgIpc) is 2.61. The van der Waals surface area contributed by atoms with Gasteiger partial charge in [0.1, 0.15) is 11.3 Å². The number of rotatable bonds is 3. The number of nitrogens with one attached hydrogen (secondary N) is 1. The molecule has 3 rings (SSSR count). The molecule has 1 aromatic carbocycles. The van der Waals surface area contributed by atoms with E-state index in [0.29, 0.717) is 16.6 Å². The molecule has 0 bridgehead atoms. The van der Waals surface area contributed by atoms with Crippen molar-refractivity contribution in [2.75, 3.05) is 7.11 Å². The smallest absolute Gasteiger partial charge is 0.398 e. The molecule has 148 valence electrons. The number of nitrogens with zero attached hydrogens (tertiary/aromatic N) is 1. The van der Waals surface area contributed by atoms with Crippen LogP contribution in [-0.2, 0) is 5.41 Å². The Morgan fingerprint density at radius 2 is 1.79 bits per heavy atom. The maximum absolute atomic E-state index is 14.6. The second kappa shape index (κ2) is 6.61. The predicted molar refractivity (Wildman–Crippen MR) is 98.1 cm³/mol. The number of hydrogen-bond acceptors (Lipinski definition) is 3. The number of hydrogen-bond donors (Lipinski definition) is 1. The van der Waals surface area contributed by atoms with Crippen molar-refractivity contribution in [2.45, 2.75) is 32.4 Å². The van der Waals surface area contributed by atoms with Crippen LogP contribution in [0.2, 0.25) is 0 Å². The van der Waals surface area contributed by atoms with Crippen LogP contribution in [0.15, 0.2) is 35.1 Å². The molecular formula is C20H18F4N2O2. The zero-order valence-electron chi connectivity index (χ0n) is 15.7. The van der Waals surface area contributed by atoms with Crippen LogP contribution < -0.4 is 10.2 Å². The van der Waals surface area contributed by atoms with Crippen molar-refractivity contribution < 1.29 is 22.3 Å². The van der Waals surface area contributed by atoms with Gasteiger partial charge in [-0.1, -0.05) is 6.07 Å². The maximum Gasteiger partial charge on any atom is 0.398 e. The fourth-order valence-electron chi connectivity index (χ4n) is 2.97. The summed E-state index contributed by atoms with van der Waals surface area (Å²) in [6.07, 6.45) is -4.61. The lowest BCUT2D eigenvalue weighted by Gasteiger charge is -2.29. The lowest BCUT2D eigenvalue weighted by Crippen LogP contribution is -2.37. The van der Waals surface area contributed by atoms with Gasteiger partial charge in [-0.3, -0.25) is 4.79 Å². The highest BCUT2D eigenvalue weighted by Crippen LogP contribution is 2.42. The van der Waals surface area contributed by atoms with E-state index < -0.39 is 28.4 Å². The summed E-state index contributed by atoms with van der Waals surface area (Å²) in [5.74, 6) is -0.719. The van der Waals surface area contributed by atoms with Gasteiger partial charge < -0.3 is 9.72 Å². The standard InChI is InChI=1S/C20H18F4N2O2/c1-10-7-12(19(2,3)20(22,23)24)13(21)8-11(10)15-9-16(27)18-14(25-15)5-6-17(26-18)28-4/h5-9H,1-4H3,(H,25,27). The summed E-state index contributed by atoms with van der Waals surface area (Å²) in [7, 11) is 1.42. The molecule has 0 aliphatic carbocycles. The average molecular weight is 394 g/mol. The van der Waals surface area contributed by atoms with E-state index in [-0.39, 0.29) is 17.1 Å². The molecule has 0 amide bonds. The van der Waals surface area contributed by atoms with Crippen molar-refractivity contribution in [3.8, 4) is 17.1 Å². The molecule has 0 fully saturated rings. The summed E-state index contributed by atoms with van der Waals surface area (Å²) in [5, 5.41) is 0. The Bertz CT molecular complexity index is 1120. The van der Waals surface area contributed by atoms with Gasteiger partial charge in [-0.2, -0.15) is 13.2 Å². The fourth-order valence-corrected chi connectivity index (χ4v) is 2.97. The largest absolute Gasteiger partial charge is 0.481 e. The molecule has 0 spiro atoms. The van der Waals surface area contributed by atoms with E-state index in [2.05, 4.69) is 9.97 Å². The quantitative estimate of drug-likeness (QED) is 0.644. The monoisotopic (exact) mass is 394 g/mol. The Labute approximate surface area is 158 Å². The molecule has 0 saturated carbocycles. The molecule has 0 radical (unpaired) electrons. The summed E-state index contributed by atoms with van der Waals surface area (Å²) in [5.41, 5.74) is -1.66. The van der Waals surface area contributed by atoms with Gasteiger partial charge in [0.2, 0.25) is 11.3 Å². The number of fused-ring (bicyclic) bond motifs is 1. The first kappa shape index (κ1) is 19.9. The van der Waals surface area contributed by atoms with Crippen LogP contribution in [0.25, 0.3) is 22.3 Å². The number of benzene rings is 1. The minimum absolute atomic E-state index is 0.149. The van der Waals surface area contributed by atoms with E-state index in [1.165, 1.54) is 19.2 Å². The Morgan fingerprint density at radius 3 is 2.39 bits per heavy atom. The van der Waals surface area contributed by atoms with Gasteiger partial charge in [0.05, 0.1) is 23.7 Å². The third kappa shape index (κ3) is 3.23. The maximum atomic E-state index is 14.6. The molecule has 2 heterocycles. The summed E-state index contributed by atoms with van der Waals surface area (Å²) < 4.78 is 59.6. The van der Waals surface area contributed by atoms with Crippen LogP contribution in [0.3, 0.4) is 0 Å². The van der Waals surface area contributed by atoms with Gasteiger partial charge in [-0.05, 0) is 38.5 Å². The van der Waals surface area contributed by atoms with Crippen molar-refractivity contribution in [3.05, 3.63) is 57.5 Å². The second-order valence-corrected chi connectivity index (χ2v) is 7.07. The van der Waals surface area contributed by atoms with Crippen molar-refractivity contribution >= 4 is 11.0 Å². The van der Waals surface area contributed by atoms with Gasteiger partial charge >= 0.3 is 6.18 Å². The predicted octanol–water partition coefficient (Wildman–Crippen LogP) is 4.89. The molecule has 0 unspecified atom stereocenters. The van der Waals surface area contributed by atoms with E-state index in [1.807, 2.05) is 0 Å².